The van der Waals surface area contributed by atoms with Crippen molar-refractivity contribution in [2.75, 3.05) is 0 Å². The number of ether oxygens (including phenoxy) is 1. The highest BCUT2D eigenvalue weighted by molar-refractivity contribution is 5.49. The predicted octanol–water partition coefficient (Wildman–Crippen LogP) is 3.64. The minimum Gasteiger partial charge on any atom is -0.456 e. The normalized spacial score (nSPS) is 10.3. The van der Waals surface area contributed by atoms with E-state index < -0.39 is 0 Å². The lowest BCUT2D eigenvalue weighted by molar-refractivity contribution is 0.476. The van der Waals surface area contributed by atoms with Crippen LogP contribution >= 0.6 is 0 Å². The number of hydrogen-bond acceptors (Lipinski definition) is 4. The van der Waals surface area contributed by atoms with E-state index in [0.29, 0.717) is 23.5 Å². The van der Waals surface area contributed by atoms with Crippen molar-refractivity contribution in [2.24, 2.45) is 0 Å². The second-order valence-electron chi connectivity index (χ2n) is 5.90. The molecule has 0 aliphatic carbocycles. The summed E-state index contributed by atoms with van der Waals surface area (Å²) in [4.78, 5) is 11.1. The Kier molecular flexibility index (Phi) is 4.62. The molecular formula is C20H17N3O2. The van der Waals surface area contributed by atoms with Gasteiger partial charge in [0.1, 0.15) is 17.6 Å². The fraction of sp³-hybridized carbons (Fsp3) is 0.150. The highest BCUT2D eigenvalue weighted by Crippen LogP contribution is 2.29. The summed E-state index contributed by atoms with van der Waals surface area (Å²) in [6, 6.07) is 16.7. The summed E-state index contributed by atoms with van der Waals surface area (Å²) in [5, 5.41) is 15.7. The molecule has 0 unspecified atom stereocenters. The van der Waals surface area contributed by atoms with E-state index in [1.165, 1.54) is 6.07 Å². The van der Waals surface area contributed by atoms with Crippen LogP contribution in [-0.2, 0) is 6.42 Å². The molecular weight excluding hydrogens is 314 g/mol. The van der Waals surface area contributed by atoms with Crippen LogP contribution in [0.2, 0.25) is 0 Å². The van der Waals surface area contributed by atoms with Gasteiger partial charge >= 0.3 is 0 Å². The summed E-state index contributed by atoms with van der Waals surface area (Å²) in [5.74, 6) is 1.24. The van der Waals surface area contributed by atoms with Crippen molar-refractivity contribution in [1.82, 2.24) is 10.2 Å². The molecule has 25 heavy (non-hydrogen) atoms. The number of rotatable bonds is 4. The Hall–Kier alpha value is -3.39. The summed E-state index contributed by atoms with van der Waals surface area (Å²) < 4.78 is 6.01. The summed E-state index contributed by atoms with van der Waals surface area (Å²) in [5.41, 5.74) is 4.05. The van der Waals surface area contributed by atoms with Crippen molar-refractivity contribution < 1.29 is 4.74 Å². The Bertz CT molecular complexity index is 996. The summed E-state index contributed by atoms with van der Waals surface area (Å²) >= 11 is 0. The fourth-order valence-corrected chi connectivity index (χ4v) is 2.47. The van der Waals surface area contributed by atoms with Crippen LogP contribution in [0.3, 0.4) is 0 Å². The molecule has 3 aromatic rings. The van der Waals surface area contributed by atoms with Crippen molar-refractivity contribution >= 4 is 0 Å². The average Bonchev–Trinajstić information content (AvgIpc) is 2.60. The lowest BCUT2D eigenvalue weighted by Gasteiger charge is -2.12. The maximum absolute atomic E-state index is 11.1. The first-order valence-electron chi connectivity index (χ1n) is 7.88. The highest BCUT2D eigenvalue weighted by Gasteiger charge is 2.09. The number of nitrogens with zero attached hydrogens (tertiary/aromatic N) is 2. The Morgan fingerprint density at radius 2 is 1.92 bits per heavy atom. The second-order valence-corrected chi connectivity index (χ2v) is 5.90. The van der Waals surface area contributed by atoms with Gasteiger partial charge in [-0.2, -0.15) is 10.4 Å². The number of aromatic nitrogens is 2. The zero-order chi connectivity index (χ0) is 17.8. The molecule has 0 saturated carbocycles. The molecule has 1 aromatic heterocycles. The standard InChI is InChI=1S/C20H17N3O2/c1-13-3-6-16(12-21)19(9-13)25-18-11-15(5-4-14(18)2)10-17-7-8-20(24)23-22-17/h3-9,11H,10H2,1-2H3,(H,23,24). The minimum atomic E-state index is -0.222. The maximum atomic E-state index is 11.1. The molecule has 0 bridgehead atoms. The molecule has 5 nitrogen and oxygen atoms in total. The second kappa shape index (κ2) is 7.02. The molecule has 1 N–H and O–H groups in total. The molecule has 1 heterocycles. The van der Waals surface area contributed by atoms with Crippen LogP contribution in [0.5, 0.6) is 11.5 Å². The number of nitrogens with one attached hydrogen (secondary N) is 1. The number of H-pyrrole nitrogens is 1. The van der Waals surface area contributed by atoms with Gasteiger partial charge in [-0.3, -0.25) is 4.79 Å². The van der Waals surface area contributed by atoms with Gasteiger partial charge in [-0.25, -0.2) is 5.10 Å². The number of aromatic amines is 1. The van der Waals surface area contributed by atoms with Crippen molar-refractivity contribution in [3.63, 3.8) is 0 Å². The maximum Gasteiger partial charge on any atom is 0.264 e. The molecule has 0 aliphatic heterocycles. The van der Waals surface area contributed by atoms with Gasteiger partial charge in [0.15, 0.2) is 0 Å². The molecule has 0 atom stereocenters. The van der Waals surface area contributed by atoms with Gasteiger partial charge < -0.3 is 4.74 Å². The number of aryl methyl sites for hydroxylation is 2. The van der Waals surface area contributed by atoms with Crippen molar-refractivity contribution in [3.8, 4) is 17.6 Å². The van der Waals surface area contributed by atoms with Crippen LogP contribution in [-0.4, -0.2) is 10.2 Å². The smallest absolute Gasteiger partial charge is 0.264 e. The van der Waals surface area contributed by atoms with E-state index in [1.54, 1.807) is 12.1 Å². The van der Waals surface area contributed by atoms with Crippen LogP contribution in [0, 0.1) is 25.2 Å². The van der Waals surface area contributed by atoms with E-state index >= 15 is 0 Å². The summed E-state index contributed by atoms with van der Waals surface area (Å²) in [6.45, 7) is 3.92. The SMILES string of the molecule is Cc1ccc(C#N)c(Oc2cc(Cc3ccc(=O)[nH]n3)ccc2C)c1. The van der Waals surface area contributed by atoms with Crippen molar-refractivity contribution in [1.29, 1.82) is 5.26 Å². The minimum absolute atomic E-state index is 0.222. The molecule has 2 aromatic carbocycles. The summed E-state index contributed by atoms with van der Waals surface area (Å²) in [6.07, 6.45) is 0.576. The lowest BCUT2D eigenvalue weighted by atomic mass is 10.1. The van der Waals surface area contributed by atoms with Gasteiger partial charge in [-0.15, -0.1) is 0 Å². The highest BCUT2D eigenvalue weighted by atomic mass is 16.5. The Labute approximate surface area is 145 Å². The third-order valence-corrected chi connectivity index (χ3v) is 3.85. The van der Waals surface area contributed by atoms with Crippen molar-refractivity contribution in [3.05, 3.63) is 86.8 Å². The zero-order valence-corrected chi connectivity index (χ0v) is 14.0. The predicted molar refractivity (Wildman–Crippen MR) is 94.8 cm³/mol. The fourth-order valence-electron chi connectivity index (χ4n) is 2.47. The van der Waals surface area contributed by atoms with E-state index in [2.05, 4.69) is 16.3 Å². The first-order chi connectivity index (χ1) is 12.0. The molecule has 3 rings (SSSR count). The van der Waals surface area contributed by atoms with Crippen molar-refractivity contribution in [2.45, 2.75) is 20.3 Å². The quantitative estimate of drug-likeness (QED) is 0.791. The van der Waals surface area contributed by atoms with E-state index in [0.717, 1.165) is 22.4 Å². The Morgan fingerprint density at radius 3 is 2.64 bits per heavy atom. The van der Waals surface area contributed by atoms with Gasteiger partial charge in [0.25, 0.3) is 5.56 Å². The molecule has 5 heteroatoms. The monoisotopic (exact) mass is 331 g/mol. The number of benzene rings is 2. The molecule has 0 spiro atoms. The Morgan fingerprint density at radius 1 is 1.08 bits per heavy atom. The topological polar surface area (TPSA) is 78.8 Å². The van der Waals surface area contributed by atoms with E-state index in [9.17, 15) is 10.1 Å². The molecule has 124 valence electrons. The largest absolute Gasteiger partial charge is 0.456 e. The van der Waals surface area contributed by atoms with E-state index in [-0.39, 0.29) is 5.56 Å². The van der Waals surface area contributed by atoms with E-state index in [1.807, 2.05) is 44.2 Å². The van der Waals surface area contributed by atoms with E-state index in [4.69, 9.17) is 4.74 Å². The number of hydrogen-bond donors (Lipinski definition) is 1. The van der Waals surface area contributed by atoms with Crippen LogP contribution in [0.1, 0.15) is 27.9 Å². The zero-order valence-electron chi connectivity index (χ0n) is 14.0. The average molecular weight is 331 g/mol. The van der Waals surface area contributed by atoms with Gasteiger partial charge in [0.05, 0.1) is 11.3 Å². The third kappa shape index (κ3) is 3.93. The lowest BCUT2D eigenvalue weighted by Crippen LogP contribution is -2.07. The molecule has 0 amide bonds. The molecule has 0 radical (unpaired) electrons. The Balaban J connectivity index is 1.90. The first-order valence-corrected chi connectivity index (χ1v) is 7.88. The summed E-state index contributed by atoms with van der Waals surface area (Å²) in [7, 11) is 0. The van der Waals surface area contributed by atoms with Crippen LogP contribution in [0.25, 0.3) is 0 Å². The van der Waals surface area contributed by atoms with Crippen LogP contribution in [0.15, 0.2) is 53.3 Å². The van der Waals surface area contributed by atoms with Gasteiger partial charge in [0.2, 0.25) is 0 Å². The van der Waals surface area contributed by atoms with Gasteiger partial charge in [-0.05, 0) is 54.8 Å². The molecule has 0 saturated heterocycles. The van der Waals surface area contributed by atoms with Crippen LogP contribution < -0.4 is 10.3 Å². The van der Waals surface area contributed by atoms with Crippen LogP contribution in [0.4, 0.5) is 0 Å². The first kappa shape index (κ1) is 16.5. The van der Waals surface area contributed by atoms with Gasteiger partial charge in [0, 0.05) is 12.5 Å². The number of nitriles is 1. The molecule has 0 aliphatic rings. The molecule has 0 fully saturated rings. The van der Waals surface area contributed by atoms with Gasteiger partial charge in [-0.1, -0.05) is 18.2 Å². The third-order valence-electron chi connectivity index (χ3n) is 3.85.